The van der Waals surface area contributed by atoms with Gasteiger partial charge in [0, 0.05) is 37.0 Å². The number of rotatable bonds is 10. The molecule has 0 aliphatic rings. The van der Waals surface area contributed by atoms with Crippen LogP contribution < -0.4 is 27.2 Å². The Morgan fingerprint density at radius 3 is 2.66 bits per heavy atom. The minimum Gasteiger partial charge on any atom is -1.00 e. The van der Waals surface area contributed by atoms with Gasteiger partial charge in [0.15, 0.2) is 11.5 Å². The van der Waals surface area contributed by atoms with Crippen molar-refractivity contribution in [2.45, 2.75) is 18.3 Å². The molecule has 0 amide bonds. The molecule has 0 fully saturated rings. The monoisotopic (exact) mass is 438 g/mol. The van der Waals surface area contributed by atoms with Crippen LogP contribution in [0.1, 0.15) is 11.1 Å². The van der Waals surface area contributed by atoms with Crippen LogP contribution in [0.4, 0.5) is 4.39 Å². The van der Waals surface area contributed by atoms with Crippen molar-refractivity contribution in [3.05, 3.63) is 59.4 Å². The van der Waals surface area contributed by atoms with E-state index in [0.29, 0.717) is 23.6 Å². The van der Waals surface area contributed by atoms with Gasteiger partial charge in [0.1, 0.15) is 12.4 Å². The van der Waals surface area contributed by atoms with Gasteiger partial charge in [0.25, 0.3) is 0 Å². The van der Waals surface area contributed by atoms with Crippen molar-refractivity contribution in [3.8, 4) is 11.5 Å². The Kier molecular flexibility index (Phi) is 9.17. The third-order valence-electron chi connectivity index (χ3n) is 4.02. The fourth-order valence-electron chi connectivity index (χ4n) is 2.57. The van der Waals surface area contributed by atoms with E-state index in [9.17, 15) is 4.39 Å². The fraction of sp³-hybridized carbons (Fsp3) is 0.316. The van der Waals surface area contributed by atoms with Gasteiger partial charge in [-0.05, 0) is 22.6 Å². The number of tetrazole rings is 1. The predicted octanol–water partition coefficient (Wildman–Crippen LogP) is -0.177. The largest absolute Gasteiger partial charge is 1.00 e. The van der Waals surface area contributed by atoms with Crippen molar-refractivity contribution in [1.82, 2.24) is 25.5 Å². The van der Waals surface area contributed by atoms with Crippen LogP contribution in [0.25, 0.3) is 0 Å². The molecular weight excluding hydrogens is 417 g/mol. The first-order valence-corrected chi connectivity index (χ1v) is 9.75. The third kappa shape index (κ3) is 6.31. The molecule has 0 saturated heterocycles. The first kappa shape index (κ1) is 22.9. The minimum atomic E-state index is -0.285. The topological polar surface area (TPSA) is 74.1 Å². The highest BCUT2D eigenvalue weighted by molar-refractivity contribution is 7.99. The standard InChI is InChI=1S/C19H22FN5O2S.ClH/c1-25-19(22-23-24-25)28-11-10-21-12-14-7-5-9-17(26-2)18(14)27-13-15-6-3-4-8-16(15)20;/h3-9,21H,10-13H2,1-2H3;1H/p-1. The zero-order valence-electron chi connectivity index (χ0n) is 16.1. The molecule has 2 aromatic carbocycles. The van der Waals surface area contributed by atoms with E-state index in [-0.39, 0.29) is 24.8 Å². The van der Waals surface area contributed by atoms with Crippen LogP contribution in [-0.4, -0.2) is 39.6 Å². The average Bonchev–Trinajstić information content (AvgIpc) is 3.12. The second kappa shape index (κ2) is 11.6. The van der Waals surface area contributed by atoms with Crippen LogP contribution in [-0.2, 0) is 20.2 Å². The van der Waals surface area contributed by atoms with E-state index in [2.05, 4.69) is 20.8 Å². The number of hydrogen-bond acceptors (Lipinski definition) is 7. The Bertz CT molecular complexity index is 912. The zero-order valence-corrected chi connectivity index (χ0v) is 17.7. The highest BCUT2D eigenvalue weighted by Gasteiger charge is 2.12. The van der Waals surface area contributed by atoms with E-state index in [1.54, 1.807) is 41.8 Å². The number of aromatic nitrogens is 4. The molecule has 0 aliphatic carbocycles. The lowest BCUT2D eigenvalue weighted by atomic mass is 10.1. The summed E-state index contributed by atoms with van der Waals surface area (Å²) in [4.78, 5) is 0. The van der Waals surface area contributed by atoms with Gasteiger partial charge in [0.05, 0.1) is 7.11 Å². The molecule has 10 heteroatoms. The number of aryl methyl sites for hydroxylation is 1. The van der Waals surface area contributed by atoms with Gasteiger partial charge in [-0.1, -0.05) is 42.1 Å². The Morgan fingerprint density at radius 1 is 1.14 bits per heavy atom. The molecule has 0 spiro atoms. The summed E-state index contributed by atoms with van der Waals surface area (Å²) in [7, 11) is 3.40. The summed E-state index contributed by atoms with van der Waals surface area (Å²) in [5.41, 5.74) is 1.45. The van der Waals surface area contributed by atoms with Gasteiger partial charge in [-0.25, -0.2) is 9.07 Å². The van der Waals surface area contributed by atoms with E-state index in [1.165, 1.54) is 6.07 Å². The van der Waals surface area contributed by atoms with Crippen molar-refractivity contribution in [1.29, 1.82) is 0 Å². The number of halogens is 2. The Hall–Kier alpha value is -2.36. The summed E-state index contributed by atoms with van der Waals surface area (Å²) in [6.07, 6.45) is 0. The molecule has 0 saturated carbocycles. The van der Waals surface area contributed by atoms with Crippen LogP contribution in [0.5, 0.6) is 11.5 Å². The number of methoxy groups -OCH3 is 1. The third-order valence-corrected chi connectivity index (χ3v) is 5.03. The van der Waals surface area contributed by atoms with Crippen molar-refractivity contribution in [3.63, 3.8) is 0 Å². The zero-order chi connectivity index (χ0) is 19.8. The lowest BCUT2D eigenvalue weighted by Gasteiger charge is -2.16. The number of ether oxygens (including phenoxy) is 2. The van der Waals surface area contributed by atoms with Gasteiger partial charge in [-0.3, -0.25) is 0 Å². The molecule has 0 aliphatic heterocycles. The maximum absolute atomic E-state index is 13.9. The van der Waals surface area contributed by atoms with Crippen LogP contribution >= 0.6 is 11.8 Å². The summed E-state index contributed by atoms with van der Waals surface area (Å²) < 4.78 is 26.8. The lowest BCUT2D eigenvalue weighted by Crippen LogP contribution is -3.00. The number of nitrogens with one attached hydrogen (secondary N) is 1. The Labute approximate surface area is 179 Å². The molecule has 3 aromatic rings. The van der Waals surface area contributed by atoms with E-state index < -0.39 is 0 Å². The highest BCUT2D eigenvalue weighted by Crippen LogP contribution is 2.32. The van der Waals surface area contributed by atoms with E-state index >= 15 is 0 Å². The molecule has 3 rings (SSSR count). The number of nitrogens with zero attached hydrogens (tertiary/aromatic N) is 4. The molecular formula is C19H22ClFN5O2S-. The van der Waals surface area contributed by atoms with E-state index in [4.69, 9.17) is 9.47 Å². The van der Waals surface area contributed by atoms with Crippen LogP contribution in [0, 0.1) is 5.82 Å². The lowest BCUT2D eigenvalue weighted by molar-refractivity contribution is -0.00000708. The summed E-state index contributed by atoms with van der Waals surface area (Å²) >= 11 is 1.58. The summed E-state index contributed by atoms with van der Waals surface area (Å²) in [5, 5.41) is 15.5. The minimum absolute atomic E-state index is 0. The number of hydrogen-bond donors (Lipinski definition) is 1. The average molecular weight is 439 g/mol. The first-order valence-electron chi connectivity index (χ1n) is 8.77. The Morgan fingerprint density at radius 2 is 1.93 bits per heavy atom. The maximum Gasteiger partial charge on any atom is 0.209 e. The summed E-state index contributed by atoms with van der Waals surface area (Å²) in [6.45, 7) is 1.50. The van der Waals surface area contributed by atoms with Crippen LogP contribution in [0.2, 0.25) is 0 Å². The van der Waals surface area contributed by atoms with Crippen LogP contribution in [0.15, 0.2) is 47.6 Å². The van der Waals surface area contributed by atoms with Crippen molar-refractivity contribution >= 4 is 11.8 Å². The molecule has 1 heterocycles. The first-order chi connectivity index (χ1) is 13.7. The second-order valence-electron chi connectivity index (χ2n) is 5.94. The summed E-state index contributed by atoms with van der Waals surface area (Å²) in [6, 6.07) is 12.3. The van der Waals surface area contributed by atoms with E-state index in [0.717, 1.165) is 23.0 Å². The predicted molar refractivity (Wildman–Crippen MR) is 105 cm³/mol. The second-order valence-corrected chi connectivity index (χ2v) is 7.00. The molecule has 0 unspecified atom stereocenters. The number of benzene rings is 2. The molecule has 7 nitrogen and oxygen atoms in total. The quantitative estimate of drug-likeness (QED) is 0.348. The maximum atomic E-state index is 13.9. The molecule has 0 bridgehead atoms. The molecule has 0 atom stereocenters. The summed E-state index contributed by atoms with van der Waals surface area (Å²) in [5.74, 6) is 1.78. The van der Waals surface area contributed by atoms with Gasteiger partial charge in [-0.15, -0.1) is 5.10 Å². The van der Waals surface area contributed by atoms with Gasteiger partial charge in [-0.2, -0.15) is 0 Å². The van der Waals surface area contributed by atoms with E-state index in [1.807, 2.05) is 25.2 Å². The smallest absolute Gasteiger partial charge is 0.209 e. The fourth-order valence-corrected chi connectivity index (χ4v) is 3.32. The van der Waals surface area contributed by atoms with Crippen LogP contribution in [0.3, 0.4) is 0 Å². The Balaban J connectivity index is 0.00000300. The van der Waals surface area contributed by atoms with Gasteiger partial charge < -0.3 is 27.2 Å². The SMILES string of the molecule is COc1cccc(CNCCSc2nnnn2C)c1OCc1ccccc1F.[Cl-]. The highest BCUT2D eigenvalue weighted by atomic mass is 35.5. The number of thioether (sulfide) groups is 1. The number of para-hydroxylation sites is 1. The normalized spacial score (nSPS) is 10.4. The molecule has 1 aromatic heterocycles. The molecule has 29 heavy (non-hydrogen) atoms. The van der Waals surface area contributed by atoms with Crippen molar-refractivity contribution in [2.24, 2.45) is 7.05 Å². The molecule has 0 radical (unpaired) electrons. The molecule has 156 valence electrons. The van der Waals surface area contributed by atoms with Crippen molar-refractivity contribution in [2.75, 3.05) is 19.4 Å². The molecule has 1 N–H and O–H groups in total. The van der Waals surface area contributed by atoms with Gasteiger partial charge in [0.2, 0.25) is 5.16 Å². The van der Waals surface area contributed by atoms with Crippen molar-refractivity contribution < 1.29 is 26.3 Å². The van der Waals surface area contributed by atoms with Gasteiger partial charge >= 0.3 is 0 Å².